The maximum absolute atomic E-state index is 12.5. The molecule has 1 heterocycles. The molecule has 0 radical (unpaired) electrons. The lowest BCUT2D eigenvalue weighted by atomic mass is 10.1. The number of amides is 2. The van der Waals surface area contributed by atoms with Crippen molar-refractivity contribution in [1.29, 1.82) is 0 Å². The number of aliphatic carboxylic acids is 1. The largest absolute Gasteiger partial charge is 0.482 e. The number of carbonyl (C=O) groups excluding carboxylic acids is 2. The summed E-state index contributed by atoms with van der Waals surface area (Å²) in [5.74, 6) is -0.735. The molecule has 28 heavy (non-hydrogen) atoms. The van der Waals surface area contributed by atoms with Crippen molar-refractivity contribution >= 4 is 23.5 Å². The van der Waals surface area contributed by atoms with Gasteiger partial charge in [0.1, 0.15) is 5.75 Å². The molecule has 2 aromatic carbocycles. The highest BCUT2D eigenvalue weighted by Crippen LogP contribution is 2.33. The molecule has 0 fully saturated rings. The standard InChI is InChI=1S/C20H20N2O6/c1-12-19(25)22-16-4-2-3-15(18(16)28-12)20(26)21-10-9-13-5-7-14(8-6-13)27-11-17(23)24/h2-8,12H,9-11H2,1H3,(H,21,26)(H,22,25)(H,23,24). The van der Waals surface area contributed by atoms with Crippen LogP contribution in [0.5, 0.6) is 11.5 Å². The van der Waals surface area contributed by atoms with Gasteiger partial charge >= 0.3 is 5.97 Å². The second-order valence-corrected chi connectivity index (χ2v) is 6.26. The zero-order valence-electron chi connectivity index (χ0n) is 15.2. The Hall–Kier alpha value is -3.55. The lowest BCUT2D eigenvalue weighted by molar-refractivity contribution is -0.139. The molecule has 3 N–H and O–H groups in total. The highest BCUT2D eigenvalue weighted by Gasteiger charge is 2.27. The third-order valence-electron chi connectivity index (χ3n) is 4.17. The van der Waals surface area contributed by atoms with E-state index in [9.17, 15) is 14.4 Å². The van der Waals surface area contributed by atoms with E-state index < -0.39 is 18.7 Å². The number of nitrogens with one attached hydrogen (secondary N) is 2. The van der Waals surface area contributed by atoms with E-state index in [4.69, 9.17) is 14.6 Å². The highest BCUT2D eigenvalue weighted by atomic mass is 16.5. The number of benzene rings is 2. The lowest BCUT2D eigenvalue weighted by Gasteiger charge is -2.25. The van der Waals surface area contributed by atoms with E-state index in [2.05, 4.69) is 10.6 Å². The minimum absolute atomic E-state index is 0.249. The molecule has 1 unspecified atom stereocenters. The SMILES string of the molecule is CC1Oc2c(cccc2C(=O)NCCc2ccc(OCC(=O)O)cc2)NC1=O. The molecule has 2 amide bonds. The van der Waals surface area contributed by atoms with Gasteiger partial charge in [0.2, 0.25) is 0 Å². The monoisotopic (exact) mass is 384 g/mol. The number of para-hydroxylation sites is 1. The second kappa shape index (κ2) is 8.43. The van der Waals surface area contributed by atoms with Crippen molar-refractivity contribution in [2.45, 2.75) is 19.4 Å². The quantitative estimate of drug-likeness (QED) is 0.671. The Bertz CT molecular complexity index is 894. The number of rotatable bonds is 7. The number of carbonyl (C=O) groups is 3. The molecule has 1 aliphatic rings. The predicted octanol–water partition coefficient (Wildman–Crippen LogP) is 1.84. The first-order chi connectivity index (χ1) is 13.4. The normalized spacial score (nSPS) is 15.0. The van der Waals surface area contributed by atoms with Crippen LogP contribution in [-0.2, 0) is 16.0 Å². The molecule has 1 aliphatic heterocycles. The van der Waals surface area contributed by atoms with Gasteiger partial charge in [0.25, 0.3) is 11.8 Å². The molecule has 0 aliphatic carbocycles. The molecule has 1 atom stereocenters. The number of hydrogen-bond acceptors (Lipinski definition) is 5. The maximum atomic E-state index is 12.5. The van der Waals surface area contributed by atoms with Crippen LogP contribution in [-0.4, -0.2) is 42.1 Å². The van der Waals surface area contributed by atoms with Gasteiger partial charge in [0.15, 0.2) is 18.5 Å². The van der Waals surface area contributed by atoms with Crippen molar-refractivity contribution in [3.05, 3.63) is 53.6 Å². The number of carboxylic acids is 1. The zero-order chi connectivity index (χ0) is 20.1. The molecule has 8 nitrogen and oxygen atoms in total. The summed E-state index contributed by atoms with van der Waals surface area (Å²) in [5, 5.41) is 14.2. The van der Waals surface area contributed by atoms with Crippen molar-refractivity contribution in [2.75, 3.05) is 18.5 Å². The van der Waals surface area contributed by atoms with Crippen LogP contribution in [0.3, 0.4) is 0 Å². The van der Waals surface area contributed by atoms with E-state index >= 15 is 0 Å². The average molecular weight is 384 g/mol. The molecule has 0 saturated carbocycles. The van der Waals surface area contributed by atoms with E-state index in [1.54, 1.807) is 37.3 Å². The number of anilines is 1. The average Bonchev–Trinajstić information content (AvgIpc) is 2.67. The number of hydrogen-bond donors (Lipinski definition) is 3. The number of fused-ring (bicyclic) bond motifs is 1. The van der Waals surface area contributed by atoms with Crippen LogP contribution in [0, 0.1) is 0 Å². The Labute approximate surface area is 161 Å². The summed E-state index contributed by atoms with van der Waals surface area (Å²) < 4.78 is 10.7. The Balaban J connectivity index is 1.56. The first kappa shape index (κ1) is 19.2. The molecule has 8 heteroatoms. The van der Waals surface area contributed by atoms with Gasteiger partial charge in [-0.2, -0.15) is 0 Å². The van der Waals surface area contributed by atoms with Crippen molar-refractivity contribution in [1.82, 2.24) is 5.32 Å². The summed E-state index contributed by atoms with van der Waals surface area (Å²) >= 11 is 0. The molecular weight excluding hydrogens is 364 g/mol. The molecule has 0 bridgehead atoms. The van der Waals surface area contributed by atoms with Crippen molar-refractivity contribution in [3.8, 4) is 11.5 Å². The van der Waals surface area contributed by atoms with Crippen molar-refractivity contribution in [3.63, 3.8) is 0 Å². The molecule has 0 saturated heterocycles. The highest BCUT2D eigenvalue weighted by molar-refractivity contribution is 6.03. The molecule has 3 rings (SSSR count). The van der Waals surface area contributed by atoms with E-state index in [1.165, 1.54) is 0 Å². The van der Waals surface area contributed by atoms with E-state index in [-0.39, 0.29) is 11.8 Å². The van der Waals surface area contributed by atoms with Crippen molar-refractivity contribution < 1.29 is 29.0 Å². The third-order valence-corrected chi connectivity index (χ3v) is 4.17. The fourth-order valence-electron chi connectivity index (χ4n) is 2.72. The Morgan fingerprint density at radius 3 is 2.68 bits per heavy atom. The Morgan fingerprint density at radius 2 is 1.96 bits per heavy atom. The summed E-state index contributed by atoms with van der Waals surface area (Å²) in [7, 11) is 0. The van der Waals surface area contributed by atoms with Crippen LogP contribution >= 0.6 is 0 Å². The molecule has 146 valence electrons. The first-order valence-corrected chi connectivity index (χ1v) is 8.76. The maximum Gasteiger partial charge on any atom is 0.341 e. The van der Waals surface area contributed by atoms with Gasteiger partial charge in [-0.15, -0.1) is 0 Å². The van der Waals surface area contributed by atoms with Crippen LogP contribution < -0.4 is 20.1 Å². The zero-order valence-corrected chi connectivity index (χ0v) is 15.2. The van der Waals surface area contributed by atoms with Crippen LogP contribution in [0.4, 0.5) is 5.69 Å². The van der Waals surface area contributed by atoms with Gasteiger partial charge < -0.3 is 25.2 Å². The minimum atomic E-state index is -1.03. The smallest absolute Gasteiger partial charge is 0.341 e. The second-order valence-electron chi connectivity index (χ2n) is 6.26. The van der Waals surface area contributed by atoms with E-state index in [0.717, 1.165) is 5.56 Å². The van der Waals surface area contributed by atoms with Crippen LogP contribution in [0.25, 0.3) is 0 Å². The summed E-state index contributed by atoms with van der Waals surface area (Å²) in [6, 6.07) is 12.0. The van der Waals surface area contributed by atoms with Gasteiger partial charge in [-0.05, 0) is 43.2 Å². The minimum Gasteiger partial charge on any atom is -0.482 e. The van der Waals surface area contributed by atoms with E-state index in [1.807, 2.05) is 12.1 Å². The fraction of sp³-hybridized carbons (Fsp3) is 0.250. The fourth-order valence-corrected chi connectivity index (χ4v) is 2.72. The first-order valence-electron chi connectivity index (χ1n) is 8.76. The molecule has 0 spiro atoms. The summed E-state index contributed by atoms with van der Waals surface area (Å²) in [4.78, 5) is 34.7. The van der Waals surface area contributed by atoms with Crippen LogP contribution in [0.2, 0.25) is 0 Å². The third kappa shape index (κ3) is 4.59. The van der Waals surface area contributed by atoms with Crippen molar-refractivity contribution in [2.24, 2.45) is 0 Å². The van der Waals surface area contributed by atoms with Gasteiger partial charge in [0, 0.05) is 6.54 Å². The van der Waals surface area contributed by atoms with Crippen LogP contribution in [0.1, 0.15) is 22.8 Å². The summed E-state index contributed by atoms with van der Waals surface area (Å²) in [6.45, 7) is 1.63. The Morgan fingerprint density at radius 1 is 1.21 bits per heavy atom. The number of carboxylic acid groups (broad SMARTS) is 1. The number of ether oxygens (including phenoxy) is 2. The Kier molecular flexibility index (Phi) is 5.78. The lowest BCUT2D eigenvalue weighted by Crippen LogP contribution is -2.36. The van der Waals surface area contributed by atoms with Gasteiger partial charge in [-0.25, -0.2) is 4.79 Å². The topological polar surface area (TPSA) is 114 Å². The van der Waals surface area contributed by atoms with Gasteiger partial charge in [-0.1, -0.05) is 18.2 Å². The predicted molar refractivity (Wildman–Crippen MR) is 101 cm³/mol. The summed E-state index contributed by atoms with van der Waals surface area (Å²) in [6.07, 6.45) is -0.0724. The molecule has 0 aromatic heterocycles. The van der Waals surface area contributed by atoms with E-state index in [0.29, 0.717) is 35.7 Å². The molecule has 2 aromatic rings. The summed E-state index contributed by atoms with van der Waals surface area (Å²) in [5.41, 5.74) is 1.81. The van der Waals surface area contributed by atoms with Gasteiger partial charge in [0.05, 0.1) is 11.3 Å². The van der Waals surface area contributed by atoms with Crippen LogP contribution in [0.15, 0.2) is 42.5 Å². The van der Waals surface area contributed by atoms with Gasteiger partial charge in [-0.3, -0.25) is 9.59 Å². The molecular formula is C20H20N2O6.